The number of carbonyl (C=O) groups excluding carboxylic acids is 1. The Bertz CT molecular complexity index is 732. The number of aryl methyl sites for hydroxylation is 2. The first kappa shape index (κ1) is 18.0. The van der Waals surface area contributed by atoms with Gasteiger partial charge in [0.15, 0.2) is 0 Å². The van der Waals surface area contributed by atoms with Gasteiger partial charge in [-0.05, 0) is 43.2 Å². The number of nitrogens with one attached hydrogen (secondary N) is 1. The fourth-order valence-electron chi connectivity index (χ4n) is 2.10. The highest BCUT2D eigenvalue weighted by atomic mass is 32.2. The number of benzene rings is 2. The minimum Gasteiger partial charge on any atom is -0.481 e. The van der Waals surface area contributed by atoms with E-state index in [1.165, 1.54) is 17.3 Å². The summed E-state index contributed by atoms with van der Waals surface area (Å²) in [5.41, 5.74) is 3.32. The van der Waals surface area contributed by atoms with Crippen molar-refractivity contribution < 1.29 is 9.53 Å². The average molecular weight is 339 g/mol. The highest BCUT2D eigenvalue weighted by molar-refractivity contribution is 8.00. The molecule has 0 radical (unpaired) electrons. The lowest BCUT2D eigenvalue weighted by Crippen LogP contribution is -2.24. The molecule has 124 valence electrons. The van der Waals surface area contributed by atoms with Crippen LogP contribution in [-0.2, 0) is 11.3 Å². The maximum atomic E-state index is 12.0. The van der Waals surface area contributed by atoms with Crippen molar-refractivity contribution in [1.82, 2.24) is 5.32 Å². The highest BCUT2D eigenvalue weighted by Gasteiger charge is 2.05. The second kappa shape index (κ2) is 9.05. The van der Waals surface area contributed by atoms with E-state index in [2.05, 4.69) is 11.2 Å². The molecule has 4 heteroatoms. The Labute approximate surface area is 147 Å². The van der Waals surface area contributed by atoms with Gasteiger partial charge in [0.05, 0.1) is 5.75 Å². The van der Waals surface area contributed by atoms with Crippen LogP contribution in [0, 0.1) is 26.2 Å². The predicted molar refractivity (Wildman–Crippen MR) is 99.3 cm³/mol. The van der Waals surface area contributed by atoms with Gasteiger partial charge in [-0.2, -0.15) is 0 Å². The van der Waals surface area contributed by atoms with E-state index in [-0.39, 0.29) is 12.5 Å². The third-order valence-electron chi connectivity index (χ3n) is 3.44. The zero-order chi connectivity index (χ0) is 17.4. The lowest BCUT2D eigenvalue weighted by Gasteiger charge is -2.09. The van der Waals surface area contributed by atoms with E-state index in [4.69, 9.17) is 11.2 Å². The minimum absolute atomic E-state index is 0.0193. The number of hydrogen-bond donors (Lipinski definition) is 1. The molecule has 1 amide bonds. The predicted octanol–water partition coefficient (Wildman–Crippen LogP) is 3.72. The monoisotopic (exact) mass is 339 g/mol. The Hall–Kier alpha value is -2.38. The Morgan fingerprint density at radius 2 is 1.96 bits per heavy atom. The van der Waals surface area contributed by atoms with E-state index in [0.717, 1.165) is 21.8 Å². The summed E-state index contributed by atoms with van der Waals surface area (Å²) in [5, 5.41) is 2.94. The number of ether oxygens (including phenoxy) is 1. The molecule has 0 aliphatic carbocycles. The average Bonchev–Trinajstić information content (AvgIpc) is 2.58. The van der Waals surface area contributed by atoms with Gasteiger partial charge in [-0.25, -0.2) is 0 Å². The first-order chi connectivity index (χ1) is 11.6. The Morgan fingerprint density at radius 3 is 2.62 bits per heavy atom. The van der Waals surface area contributed by atoms with Crippen LogP contribution in [0.3, 0.4) is 0 Å². The highest BCUT2D eigenvalue weighted by Crippen LogP contribution is 2.25. The first-order valence-corrected chi connectivity index (χ1v) is 8.69. The van der Waals surface area contributed by atoms with Crippen LogP contribution >= 0.6 is 11.8 Å². The largest absolute Gasteiger partial charge is 0.481 e. The van der Waals surface area contributed by atoms with Gasteiger partial charge in [-0.3, -0.25) is 4.79 Å². The van der Waals surface area contributed by atoms with Crippen LogP contribution in [0.1, 0.15) is 16.7 Å². The van der Waals surface area contributed by atoms with Crippen molar-refractivity contribution in [2.75, 3.05) is 12.4 Å². The third-order valence-corrected chi connectivity index (χ3v) is 4.43. The van der Waals surface area contributed by atoms with E-state index in [0.29, 0.717) is 12.3 Å². The molecule has 0 unspecified atom stereocenters. The van der Waals surface area contributed by atoms with Gasteiger partial charge in [-0.15, -0.1) is 18.2 Å². The van der Waals surface area contributed by atoms with Gasteiger partial charge in [0.1, 0.15) is 12.4 Å². The van der Waals surface area contributed by atoms with E-state index >= 15 is 0 Å². The van der Waals surface area contributed by atoms with Crippen molar-refractivity contribution in [2.45, 2.75) is 25.3 Å². The summed E-state index contributed by atoms with van der Waals surface area (Å²) in [7, 11) is 0. The van der Waals surface area contributed by atoms with Crippen molar-refractivity contribution >= 4 is 17.7 Å². The van der Waals surface area contributed by atoms with Crippen LogP contribution in [-0.4, -0.2) is 18.3 Å². The van der Waals surface area contributed by atoms with Crippen LogP contribution in [0.4, 0.5) is 0 Å². The zero-order valence-corrected chi connectivity index (χ0v) is 14.8. The molecule has 0 saturated heterocycles. The second-order valence-electron chi connectivity index (χ2n) is 5.47. The molecule has 2 aromatic rings. The van der Waals surface area contributed by atoms with Crippen LogP contribution in [0.25, 0.3) is 0 Å². The molecule has 0 aliphatic heterocycles. The molecule has 24 heavy (non-hydrogen) atoms. The summed E-state index contributed by atoms with van der Waals surface area (Å²) in [6, 6.07) is 14.0. The molecular formula is C20H21NO2S. The molecule has 0 aromatic heterocycles. The standard InChI is InChI=1S/C20H21NO2S/c1-4-11-23-19-10-9-18(12-16(19)3)24-14-20(22)21-13-17-7-5-15(2)6-8-17/h1,5-10,12H,11,13-14H2,2-3H3,(H,21,22). The van der Waals surface area contributed by atoms with Gasteiger partial charge in [0.2, 0.25) is 5.91 Å². The minimum atomic E-state index is 0.0193. The van der Waals surface area contributed by atoms with Gasteiger partial charge in [-0.1, -0.05) is 35.7 Å². The molecule has 0 fully saturated rings. The summed E-state index contributed by atoms with van der Waals surface area (Å²) >= 11 is 1.50. The van der Waals surface area contributed by atoms with Crippen LogP contribution in [0.5, 0.6) is 5.75 Å². The van der Waals surface area contributed by atoms with Gasteiger partial charge in [0, 0.05) is 11.4 Å². The number of hydrogen-bond acceptors (Lipinski definition) is 3. The van der Waals surface area contributed by atoms with Gasteiger partial charge >= 0.3 is 0 Å². The van der Waals surface area contributed by atoms with Crippen LogP contribution < -0.4 is 10.1 Å². The third kappa shape index (κ3) is 5.68. The van der Waals surface area contributed by atoms with Crippen molar-refractivity contribution in [1.29, 1.82) is 0 Å². The van der Waals surface area contributed by atoms with Crippen molar-refractivity contribution in [3.8, 4) is 18.1 Å². The van der Waals surface area contributed by atoms with Crippen LogP contribution in [0.2, 0.25) is 0 Å². The maximum Gasteiger partial charge on any atom is 0.230 e. The summed E-state index contributed by atoms with van der Waals surface area (Å²) in [6.45, 7) is 4.82. The Morgan fingerprint density at radius 1 is 1.21 bits per heavy atom. The molecule has 0 atom stereocenters. The molecule has 1 N–H and O–H groups in total. The van der Waals surface area contributed by atoms with E-state index in [9.17, 15) is 4.79 Å². The number of thioether (sulfide) groups is 1. The Kier molecular flexibility index (Phi) is 6.77. The molecule has 0 spiro atoms. The molecular weight excluding hydrogens is 318 g/mol. The van der Waals surface area contributed by atoms with Gasteiger partial charge < -0.3 is 10.1 Å². The SMILES string of the molecule is C#CCOc1ccc(SCC(=O)NCc2ccc(C)cc2)cc1C. The summed E-state index contributed by atoms with van der Waals surface area (Å²) in [6.07, 6.45) is 5.19. The quantitative estimate of drug-likeness (QED) is 0.617. The summed E-state index contributed by atoms with van der Waals surface area (Å²) in [4.78, 5) is 13.0. The smallest absolute Gasteiger partial charge is 0.230 e. The molecule has 0 bridgehead atoms. The van der Waals surface area contributed by atoms with Crippen LogP contribution in [0.15, 0.2) is 47.4 Å². The van der Waals surface area contributed by atoms with Crippen molar-refractivity contribution in [3.63, 3.8) is 0 Å². The molecule has 2 aromatic carbocycles. The lowest BCUT2D eigenvalue weighted by molar-refractivity contribution is -0.118. The maximum absolute atomic E-state index is 12.0. The molecule has 0 saturated carbocycles. The summed E-state index contributed by atoms with van der Waals surface area (Å²) in [5.74, 6) is 3.63. The zero-order valence-electron chi connectivity index (χ0n) is 14.0. The normalized spacial score (nSPS) is 10.0. The molecule has 2 rings (SSSR count). The number of rotatable bonds is 7. The van der Waals surface area contributed by atoms with E-state index < -0.39 is 0 Å². The number of terminal acetylenes is 1. The molecule has 0 heterocycles. The fourth-order valence-corrected chi connectivity index (χ4v) is 2.92. The fraction of sp³-hybridized carbons (Fsp3) is 0.250. The molecule has 0 aliphatic rings. The van der Waals surface area contributed by atoms with E-state index in [1.807, 2.05) is 56.3 Å². The van der Waals surface area contributed by atoms with Crippen molar-refractivity contribution in [2.24, 2.45) is 0 Å². The number of amides is 1. The second-order valence-corrected chi connectivity index (χ2v) is 6.52. The molecule has 3 nitrogen and oxygen atoms in total. The summed E-state index contributed by atoms with van der Waals surface area (Å²) < 4.78 is 5.44. The van der Waals surface area contributed by atoms with E-state index in [1.54, 1.807) is 0 Å². The topological polar surface area (TPSA) is 38.3 Å². The van der Waals surface area contributed by atoms with Crippen molar-refractivity contribution in [3.05, 3.63) is 59.2 Å². The van der Waals surface area contributed by atoms with Gasteiger partial charge in [0.25, 0.3) is 0 Å². The Balaban J connectivity index is 1.80. The first-order valence-electron chi connectivity index (χ1n) is 7.70. The number of carbonyl (C=O) groups is 1. The lowest BCUT2D eigenvalue weighted by atomic mass is 10.1.